The predicted octanol–water partition coefficient (Wildman–Crippen LogP) is 5.70. The molecule has 0 radical (unpaired) electrons. The molecule has 1 saturated heterocycles. The Morgan fingerprint density at radius 3 is 2.71 bits per heavy atom. The molecule has 1 aliphatic heterocycles. The van der Waals surface area contributed by atoms with E-state index in [1.807, 2.05) is 18.3 Å². The third-order valence-corrected chi connectivity index (χ3v) is 6.36. The lowest BCUT2D eigenvalue weighted by molar-refractivity contribution is 0.0931. The maximum atomic E-state index is 12.6. The number of amides is 1. The Hall–Kier alpha value is -1.82. The number of rotatable bonds is 3. The van der Waals surface area contributed by atoms with Gasteiger partial charge in [0, 0.05) is 40.9 Å². The first-order valence-electron chi connectivity index (χ1n) is 9.07. The SMILES string of the molecule is O=C(NC1CCN(c2ccnc3cc(Br)ccc23)CC1)c1cccc(Cl)c1Cl. The summed E-state index contributed by atoms with van der Waals surface area (Å²) in [6.45, 7) is 1.73. The van der Waals surface area contributed by atoms with E-state index < -0.39 is 0 Å². The van der Waals surface area contributed by atoms with E-state index >= 15 is 0 Å². The number of benzene rings is 2. The quantitative estimate of drug-likeness (QED) is 0.524. The number of carbonyl (C=O) groups is 1. The highest BCUT2D eigenvalue weighted by molar-refractivity contribution is 9.10. The van der Waals surface area contributed by atoms with Crippen molar-refractivity contribution in [3.63, 3.8) is 0 Å². The summed E-state index contributed by atoms with van der Waals surface area (Å²) in [5, 5.41) is 4.92. The van der Waals surface area contributed by atoms with Crippen LogP contribution in [0.15, 0.2) is 53.1 Å². The second-order valence-corrected chi connectivity index (χ2v) is 8.53. The average molecular weight is 479 g/mol. The monoisotopic (exact) mass is 477 g/mol. The van der Waals surface area contributed by atoms with Crippen molar-refractivity contribution in [2.24, 2.45) is 0 Å². The van der Waals surface area contributed by atoms with Gasteiger partial charge in [-0.2, -0.15) is 0 Å². The molecule has 7 heteroatoms. The van der Waals surface area contributed by atoms with Crippen molar-refractivity contribution in [3.05, 3.63) is 68.7 Å². The highest BCUT2D eigenvalue weighted by atomic mass is 79.9. The number of piperidine rings is 1. The van der Waals surface area contributed by atoms with Gasteiger partial charge in [0.2, 0.25) is 0 Å². The number of hydrogen-bond acceptors (Lipinski definition) is 3. The second kappa shape index (κ2) is 8.27. The predicted molar refractivity (Wildman–Crippen MR) is 119 cm³/mol. The van der Waals surface area contributed by atoms with E-state index in [4.69, 9.17) is 23.2 Å². The van der Waals surface area contributed by atoms with Crippen LogP contribution in [0.2, 0.25) is 10.0 Å². The third kappa shape index (κ3) is 3.97. The Labute approximate surface area is 182 Å². The lowest BCUT2D eigenvalue weighted by Gasteiger charge is -2.34. The molecule has 1 aromatic heterocycles. The molecule has 1 amide bonds. The fraction of sp³-hybridized carbons (Fsp3) is 0.238. The molecule has 0 aliphatic carbocycles. The van der Waals surface area contributed by atoms with E-state index in [9.17, 15) is 4.79 Å². The zero-order chi connectivity index (χ0) is 19.7. The summed E-state index contributed by atoms with van der Waals surface area (Å²) in [7, 11) is 0. The summed E-state index contributed by atoms with van der Waals surface area (Å²) in [5.41, 5.74) is 2.57. The average Bonchev–Trinajstić information content (AvgIpc) is 2.70. The van der Waals surface area contributed by atoms with E-state index in [2.05, 4.69) is 43.3 Å². The summed E-state index contributed by atoms with van der Waals surface area (Å²) in [5.74, 6) is -0.176. The number of anilines is 1. The number of halogens is 3. The minimum atomic E-state index is -0.176. The number of hydrogen-bond donors (Lipinski definition) is 1. The van der Waals surface area contributed by atoms with Gasteiger partial charge in [0.25, 0.3) is 5.91 Å². The van der Waals surface area contributed by atoms with Crippen LogP contribution in [0, 0.1) is 0 Å². The molecule has 4 rings (SSSR count). The van der Waals surface area contributed by atoms with Crippen LogP contribution in [0.5, 0.6) is 0 Å². The van der Waals surface area contributed by atoms with Crippen LogP contribution in [-0.4, -0.2) is 30.0 Å². The van der Waals surface area contributed by atoms with Gasteiger partial charge in [-0.05, 0) is 49.2 Å². The van der Waals surface area contributed by atoms with Crippen LogP contribution in [0.1, 0.15) is 23.2 Å². The Morgan fingerprint density at radius 1 is 1.14 bits per heavy atom. The second-order valence-electron chi connectivity index (χ2n) is 6.83. The van der Waals surface area contributed by atoms with E-state index in [0.717, 1.165) is 41.3 Å². The minimum absolute atomic E-state index is 0.112. The molecule has 0 saturated carbocycles. The fourth-order valence-electron chi connectivity index (χ4n) is 3.59. The highest BCUT2D eigenvalue weighted by Gasteiger charge is 2.23. The maximum absolute atomic E-state index is 12.6. The van der Waals surface area contributed by atoms with Gasteiger partial charge < -0.3 is 10.2 Å². The molecule has 0 unspecified atom stereocenters. The highest BCUT2D eigenvalue weighted by Crippen LogP contribution is 2.30. The minimum Gasteiger partial charge on any atom is -0.371 e. The van der Waals surface area contributed by atoms with Crippen LogP contribution in [-0.2, 0) is 0 Å². The van der Waals surface area contributed by atoms with E-state index in [1.165, 1.54) is 5.69 Å². The Bertz CT molecular complexity index is 1040. The van der Waals surface area contributed by atoms with E-state index in [-0.39, 0.29) is 11.9 Å². The van der Waals surface area contributed by atoms with Gasteiger partial charge in [0.05, 0.1) is 21.1 Å². The number of fused-ring (bicyclic) bond motifs is 1. The van der Waals surface area contributed by atoms with Gasteiger partial charge >= 0.3 is 0 Å². The molecule has 144 valence electrons. The van der Waals surface area contributed by atoms with Crippen molar-refractivity contribution in [3.8, 4) is 0 Å². The largest absolute Gasteiger partial charge is 0.371 e. The van der Waals surface area contributed by atoms with Gasteiger partial charge in [0.1, 0.15) is 0 Å². The van der Waals surface area contributed by atoms with Gasteiger partial charge in [-0.25, -0.2) is 0 Å². The normalized spacial score (nSPS) is 15.0. The lowest BCUT2D eigenvalue weighted by Crippen LogP contribution is -2.44. The van der Waals surface area contributed by atoms with Crippen LogP contribution in [0.25, 0.3) is 10.9 Å². The molecule has 0 atom stereocenters. The molecule has 1 N–H and O–H groups in total. The van der Waals surface area contributed by atoms with Crippen molar-refractivity contribution in [2.45, 2.75) is 18.9 Å². The van der Waals surface area contributed by atoms with Crippen LogP contribution in [0.4, 0.5) is 5.69 Å². The van der Waals surface area contributed by atoms with Gasteiger partial charge in [0.15, 0.2) is 0 Å². The molecule has 1 fully saturated rings. The molecule has 0 spiro atoms. The molecule has 4 nitrogen and oxygen atoms in total. The summed E-state index contributed by atoms with van der Waals surface area (Å²) in [6.07, 6.45) is 3.58. The van der Waals surface area contributed by atoms with Crippen molar-refractivity contribution < 1.29 is 4.79 Å². The Morgan fingerprint density at radius 2 is 1.93 bits per heavy atom. The first-order chi connectivity index (χ1) is 13.5. The number of carbonyl (C=O) groups excluding carboxylic acids is 1. The lowest BCUT2D eigenvalue weighted by atomic mass is 10.0. The topological polar surface area (TPSA) is 45.2 Å². The van der Waals surface area contributed by atoms with Crippen molar-refractivity contribution in [1.82, 2.24) is 10.3 Å². The maximum Gasteiger partial charge on any atom is 0.253 e. The Kier molecular flexibility index (Phi) is 5.76. The zero-order valence-corrected chi connectivity index (χ0v) is 18.1. The molecule has 28 heavy (non-hydrogen) atoms. The van der Waals surface area contributed by atoms with Crippen molar-refractivity contribution in [2.75, 3.05) is 18.0 Å². The number of nitrogens with zero attached hydrogens (tertiary/aromatic N) is 2. The van der Waals surface area contributed by atoms with Gasteiger partial charge in [-0.3, -0.25) is 9.78 Å². The summed E-state index contributed by atoms with van der Waals surface area (Å²) >= 11 is 15.7. The van der Waals surface area contributed by atoms with Crippen LogP contribution in [0.3, 0.4) is 0 Å². The molecular formula is C21H18BrCl2N3O. The van der Waals surface area contributed by atoms with E-state index in [0.29, 0.717) is 15.6 Å². The molecule has 3 aromatic rings. The first kappa shape index (κ1) is 19.5. The van der Waals surface area contributed by atoms with Crippen molar-refractivity contribution in [1.29, 1.82) is 0 Å². The fourth-order valence-corrected chi connectivity index (χ4v) is 4.32. The summed E-state index contributed by atoms with van der Waals surface area (Å²) < 4.78 is 1.02. The first-order valence-corrected chi connectivity index (χ1v) is 10.6. The van der Waals surface area contributed by atoms with Crippen LogP contribution < -0.4 is 10.2 Å². The standard InChI is InChI=1S/C21H18BrCl2N3O/c22-13-4-5-15-18(12-13)25-9-6-19(15)27-10-7-14(8-11-27)26-21(28)16-2-1-3-17(23)20(16)24/h1-6,9,12,14H,7-8,10-11H2,(H,26,28). The van der Waals surface area contributed by atoms with E-state index in [1.54, 1.807) is 18.2 Å². The molecule has 2 aromatic carbocycles. The smallest absolute Gasteiger partial charge is 0.253 e. The molecular weight excluding hydrogens is 461 g/mol. The Balaban J connectivity index is 1.44. The third-order valence-electron chi connectivity index (χ3n) is 5.05. The van der Waals surface area contributed by atoms with Gasteiger partial charge in [-0.1, -0.05) is 45.2 Å². The van der Waals surface area contributed by atoms with Crippen LogP contribution >= 0.6 is 39.1 Å². The zero-order valence-electron chi connectivity index (χ0n) is 15.0. The summed E-state index contributed by atoms with van der Waals surface area (Å²) in [4.78, 5) is 19.4. The summed E-state index contributed by atoms with van der Waals surface area (Å²) in [6, 6.07) is 13.4. The van der Waals surface area contributed by atoms with Gasteiger partial charge in [-0.15, -0.1) is 0 Å². The molecule has 2 heterocycles. The molecule has 0 bridgehead atoms. The number of nitrogens with one attached hydrogen (secondary N) is 1. The number of pyridine rings is 1. The van der Waals surface area contributed by atoms with Crippen molar-refractivity contribution >= 4 is 61.6 Å². The molecule has 1 aliphatic rings. The number of aromatic nitrogens is 1.